The minimum atomic E-state index is -0.662. The van der Waals surface area contributed by atoms with Crippen molar-refractivity contribution in [1.82, 2.24) is 9.78 Å². The molecule has 20 heavy (non-hydrogen) atoms. The summed E-state index contributed by atoms with van der Waals surface area (Å²) in [5.74, 6) is 0.856. The van der Waals surface area contributed by atoms with Gasteiger partial charge in [-0.15, -0.1) is 5.10 Å². The monoisotopic (exact) mass is 338 g/mol. The van der Waals surface area contributed by atoms with Gasteiger partial charge in [-0.25, -0.2) is 9.48 Å². The van der Waals surface area contributed by atoms with E-state index in [4.69, 9.17) is 10.5 Å². The molecule has 106 valence electrons. The zero-order valence-electron chi connectivity index (χ0n) is 11.0. The number of carbonyl (C=O) groups is 1. The van der Waals surface area contributed by atoms with Crippen LogP contribution in [0.25, 0.3) is 5.69 Å². The number of para-hydroxylation sites is 1. The molecule has 0 aliphatic heterocycles. The lowest BCUT2D eigenvalue weighted by molar-refractivity contribution is 0.259. The van der Waals surface area contributed by atoms with Gasteiger partial charge >= 0.3 is 6.03 Å². The summed E-state index contributed by atoms with van der Waals surface area (Å²) in [4.78, 5) is 11.1. The highest BCUT2D eigenvalue weighted by Gasteiger charge is 2.19. The molecule has 0 atom stereocenters. The highest BCUT2D eigenvalue weighted by molar-refractivity contribution is 9.10. The third-order valence-electron chi connectivity index (χ3n) is 2.48. The van der Waals surface area contributed by atoms with Gasteiger partial charge in [0.15, 0.2) is 5.82 Å². The molecule has 3 N–H and O–H groups in total. The predicted octanol–water partition coefficient (Wildman–Crippen LogP) is 2.91. The van der Waals surface area contributed by atoms with Gasteiger partial charge in [0.1, 0.15) is 4.47 Å². The van der Waals surface area contributed by atoms with Gasteiger partial charge in [0, 0.05) is 0 Å². The van der Waals surface area contributed by atoms with Crippen LogP contribution in [0.4, 0.5) is 10.6 Å². The first-order valence-corrected chi connectivity index (χ1v) is 6.96. The van der Waals surface area contributed by atoms with Crippen LogP contribution in [0.5, 0.6) is 5.88 Å². The number of hydrogen-bond donors (Lipinski definition) is 2. The summed E-state index contributed by atoms with van der Waals surface area (Å²) in [6.07, 6.45) is 0.864. The lowest BCUT2D eigenvalue weighted by atomic mass is 10.3. The first kappa shape index (κ1) is 14.4. The molecule has 1 heterocycles. The number of carbonyl (C=O) groups excluding carboxylic acids is 1. The fourth-order valence-corrected chi connectivity index (χ4v) is 2.11. The summed E-state index contributed by atoms with van der Waals surface area (Å²) < 4.78 is 7.67. The number of nitrogens with one attached hydrogen (secondary N) is 1. The maximum Gasteiger partial charge on any atom is 0.317 e. The summed E-state index contributed by atoms with van der Waals surface area (Å²) in [7, 11) is 0. The summed E-state index contributed by atoms with van der Waals surface area (Å²) in [6.45, 7) is 2.55. The van der Waals surface area contributed by atoms with E-state index in [1.807, 2.05) is 37.3 Å². The third-order valence-corrected chi connectivity index (χ3v) is 3.20. The van der Waals surface area contributed by atoms with Gasteiger partial charge in [0.2, 0.25) is 5.88 Å². The van der Waals surface area contributed by atoms with Crippen molar-refractivity contribution in [3.05, 3.63) is 34.8 Å². The summed E-state index contributed by atoms with van der Waals surface area (Å²) >= 11 is 3.38. The average Bonchev–Trinajstić information content (AvgIpc) is 2.74. The summed E-state index contributed by atoms with van der Waals surface area (Å²) in [5, 5.41) is 6.90. The van der Waals surface area contributed by atoms with E-state index < -0.39 is 6.03 Å². The second-order valence-corrected chi connectivity index (χ2v) is 4.85. The fourth-order valence-electron chi connectivity index (χ4n) is 1.65. The number of halogens is 1. The molecule has 0 aliphatic rings. The third kappa shape index (κ3) is 3.11. The van der Waals surface area contributed by atoms with Crippen LogP contribution in [0.15, 0.2) is 34.8 Å². The predicted molar refractivity (Wildman–Crippen MR) is 80.3 cm³/mol. The maximum atomic E-state index is 11.1. The van der Waals surface area contributed by atoms with E-state index in [1.165, 1.54) is 0 Å². The molecule has 2 aromatic rings. The van der Waals surface area contributed by atoms with Crippen LogP contribution in [0.3, 0.4) is 0 Å². The Balaban J connectivity index is 2.45. The van der Waals surface area contributed by atoms with Crippen molar-refractivity contribution in [3.63, 3.8) is 0 Å². The van der Waals surface area contributed by atoms with E-state index in [9.17, 15) is 4.79 Å². The second-order valence-electron chi connectivity index (χ2n) is 4.05. The van der Waals surface area contributed by atoms with Crippen LogP contribution in [0, 0.1) is 0 Å². The number of amides is 2. The van der Waals surface area contributed by atoms with Crippen LogP contribution in [0.1, 0.15) is 13.3 Å². The van der Waals surface area contributed by atoms with E-state index >= 15 is 0 Å². The van der Waals surface area contributed by atoms with E-state index in [0.29, 0.717) is 22.8 Å². The van der Waals surface area contributed by atoms with Gasteiger partial charge in [-0.05, 0) is 34.5 Å². The molecule has 0 saturated heterocycles. The Morgan fingerprint density at radius 2 is 2.15 bits per heavy atom. The minimum Gasteiger partial charge on any atom is -0.476 e. The van der Waals surface area contributed by atoms with Gasteiger partial charge < -0.3 is 10.5 Å². The van der Waals surface area contributed by atoms with E-state index in [0.717, 1.165) is 12.1 Å². The largest absolute Gasteiger partial charge is 0.476 e. The number of nitrogens with zero attached hydrogens (tertiary/aromatic N) is 2. The Hall–Kier alpha value is -2.02. The lowest BCUT2D eigenvalue weighted by Crippen LogP contribution is -2.21. The Morgan fingerprint density at radius 3 is 2.75 bits per heavy atom. The fraction of sp³-hybridized carbons (Fsp3) is 0.231. The van der Waals surface area contributed by atoms with Crippen molar-refractivity contribution in [1.29, 1.82) is 0 Å². The Morgan fingerprint density at radius 1 is 1.45 bits per heavy atom. The maximum absolute atomic E-state index is 11.1. The number of urea groups is 1. The van der Waals surface area contributed by atoms with Gasteiger partial charge in [-0.1, -0.05) is 25.1 Å². The van der Waals surface area contributed by atoms with Crippen LogP contribution >= 0.6 is 15.9 Å². The molecular formula is C13H15BrN4O2. The molecule has 0 spiro atoms. The van der Waals surface area contributed by atoms with Crippen molar-refractivity contribution >= 4 is 27.8 Å². The molecule has 0 aliphatic carbocycles. The molecular weight excluding hydrogens is 324 g/mol. The number of primary amides is 1. The highest BCUT2D eigenvalue weighted by Crippen LogP contribution is 2.34. The summed E-state index contributed by atoms with van der Waals surface area (Å²) in [6, 6.07) is 8.74. The molecule has 0 saturated carbocycles. The molecule has 0 unspecified atom stereocenters. The quantitative estimate of drug-likeness (QED) is 0.879. The standard InChI is InChI=1S/C13H15BrN4O2/c1-2-8-20-12-10(14)11(16-13(15)19)18(17-12)9-6-4-3-5-7-9/h3-7H,2,8H2,1H3,(H3,15,16,19). The number of ether oxygens (including phenoxy) is 1. The highest BCUT2D eigenvalue weighted by atomic mass is 79.9. The normalized spacial score (nSPS) is 10.3. The van der Waals surface area contributed by atoms with E-state index in [-0.39, 0.29) is 0 Å². The number of benzene rings is 1. The van der Waals surface area contributed by atoms with E-state index in [1.54, 1.807) is 4.68 Å². The molecule has 0 radical (unpaired) electrons. The van der Waals surface area contributed by atoms with Gasteiger partial charge in [-0.3, -0.25) is 5.32 Å². The van der Waals surface area contributed by atoms with Crippen LogP contribution in [0.2, 0.25) is 0 Å². The number of aromatic nitrogens is 2. The van der Waals surface area contributed by atoms with Crippen molar-refractivity contribution in [2.75, 3.05) is 11.9 Å². The Labute approximate surface area is 125 Å². The van der Waals surface area contributed by atoms with Crippen LogP contribution < -0.4 is 15.8 Å². The van der Waals surface area contributed by atoms with Crippen LogP contribution in [-0.4, -0.2) is 22.4 Å². The smallest absolute Gasteiger partial charge is 0.317 e. The molecule has 2 amide bonds. The molecule has 0 bridgehead atoms. The molecule has 0 fully saturated rings. The zero-order chi connectivity index (χ0) is 14.5. The molecule has 1 aromatic carbocycles. The first-order valence-electron chi connectivity index (χ1n) is 6.16. The molecule has 2 rings (SSSR count). The Kier molecular flexibility index (Phi) is 4.62. The Bertz CT molecular complexity index is 598. The molecule has 7 heteroatoms. The van der Waals surface area contributed by atoms with Crippen molar-refractivity contribution in [3.8, 4) is 11.6 Å². The number of nitrogens with two attached hydrogens (primary N) is 1. The van der Waals surface area contributed by atoms with Gasteiger partial charge in [0.05, 0.1) is 12.3 Å². The lowest BCUT2D eigenvalue weighted by Gasteiger charge is -2.06. The van der Waals surface area contributed by atoms with Crippen molar-refractivity contribution < 1.29 is 9.53 Å². The van der Waals surface area contributed by atoms with E-state index in [2.05, 4.69) is 26.3 Å². The molecule has 1 aromatic heterocycles. The number of anilines is 1. The number of hydrogen-bond acceptors (Lipinski definition) is 3. The van der Waals surface area contributed by atoms with Crippen molar-refractivity contribution in [2.45, 2.75) is 13.3 Å². The van der Waals surface area contributed by atoms with Crippen molar-refractivity contribution in [2.24, 2.45) is 5.73 Å². The molecule has 6 nitrogen and oxygen atoms in total. The van der Waals surface area contributed by atoms with Gasteiger partial charge in [0.25, 0.3) is 0 Å². The zero-order valence-corrected chi connectivity index (χ0v) is 12.6. The number of rotatable bonds is 5. The van der Waals surface area contributed by atoms with Gasteiger partial charge in [-0.2, -0.15) is 0 Å². The summed E-state index contributed by atoms with van der Waals surface area (Å²) in [5.41, 5.74) is 5.99. The topological polar surface area (TPSA) is 82.2 Å². The minimum absolute atomic E-state index is 0.416. The average molecular weight is 339 g/mol. The second kappa shape index (κ2) is 6.42. The van der Waals surface area contributed by atoms with Crippen LogP contribution in [-0.2, 0) is 0 Å². The first-order chi connectivity index (χ1) is 9.63. The SMILES string of the molecule is CCCOc1nn(-c2ccccc2)c(NC(N)=O)c1Br.